The molecule has 1 rings (SSSR count). The standard InChI is InChI=1S/C11H21NO2/c1-3-5-6-7-8-9-10(12-9)11(13)14-4-2/h9-10,12H,3-8H2,1-2H3/t9-,10+/m0/s1. The van der Waals surface area contributed by atoms with Crippen molar-refractivity contribution >= 4 is 5.97 Å². The van der Waals surface area contributed by atoms with Crippen molar-refractivity contribution in [1.82, 2.24) is 5.32 Å². The monoisotopic (exact) mass is 199 g/mol. The molecule has 0 aromatic carbocycles. The van der Waals surface area contributed by atoms with E-state index >= 15 is 0 Å². The third kappa shape index (κ3) is 3.66. The topological polar surface area (TPSA) is 48.2 Å². The molecule has 0 radical (unpaired) electrons. The van der Waals surface area contributed by atoms with E-state index in [1.807, 2.05) is 6.92 Å². The van der Waals surface area contributed by atoms with Gasteiger partial charge in [-0.2, -0.15) is 0 Å². The van der Waals surface area contributed by atoms with Crippen LogP contribution in [0.15, 0.2) is 0 Å². The molecule has 0 amide bonds. The number of unbranched alkanes of at least 4 members (excludes halogenated alkanes) is 3. The lowest BCUT2D eigenvalue weighted by molar-refractivity contribution is -0.142. The van der Waals surface area contributed by atoms with E-state index in [1.165, 1.54) is 25.7 Å². The van der Waals surface area contributed by atoms with E-state index in [0.717, 1.165) is 6.42 Å². The molecule has 0 unspecified atom stereocenters. The number of esters is 1. The highest BCUT2D eigenvalue weighted by Crippen LogP contribution is 2.19. The van der Waals surface area contributed by atoms with Crippen LogP contribution in [0, 0.1) is 0 Å². The number of carbonyl (C=O) groups is 1. The highest BCUT2D eigenvalue weighted by atomic mass is 16.5. The van der Waals surface area contributed by atoms with Crippen LogP contribution in [0.5, 0.6) is 0 Å². The number of hydrogen-bond acceptors (Lipinski definition) is 3. The summed E-state index contributed by atoms with van der Waals surface area (Å²) in [7, 11) is 0. The fourth-order valence-electron chi connectivity index (χ4n) is 1.68. The Morgan fingerprint density at radius 1 is 1.29 bits per heavy atom. The first kappa shape index (κ1) is 11.5. The van der Waals surface area contributed by atoms with Gasteiger partial charge in [0.15, 0.2) is 0 Å². The third-order valence-electron chi connectivity index (χ3n) is 2.60. The Balaban J connectivity index is 1.99. The molecular formula is C11H21NO2. The molecule has 0 spiro atoms. The van der Waals surface area contributed by atoms with Crippen LogP contribution in [0.4, 0.5) is 0 Å². The summed E-state index contributed by atoms with van der Waals surface area (Å²) < 4.78 is 4.92. The molecule has 1 fully saturated rings. The third-order valence-corrected chi connectivity index (χ3v) is 2.60. The summed E-state index contributed by atoms with van der Waals surface area (Å²) in [6.45, 7) is 4.53. The van der Waals surface area contributed by atoms with Gasteiger partial charge in [-0.15, -0.1) is 0 Å². The predicted octanol–water partition coefficient (Wildman–Crippen LogP) is 1.86. The maximum absolute atomic E-state index is 11.2. The quantitative estimate of drug-likeness (QED) is 0.387. The minimum Gasteiger partial charge on any atom is -0.465 e. The molecule has 1 aliphatic rings. The van der Waals surface area contributed by atoms with E-state index in [1.54, 1.807) is 0 Å². The molecule has 82 valence electrons. The first-order valence-electron chi connectivity index (χ1n) is 5.72. The van der Waals surface area contributed by atoms with Crippen molar-refractivity contribution in [2.75, 3.05) is 6.61 Å². The summed E-state index contributed by atoms with van der Waals surface area (Å²) in [6, 6.07) is 0.391. The zero-order chi connectivity index (χ0) is 10.4. The Bertz CT molecular complexity index is 182. The van der Waals surface area contributed by atoms with Crippen molar-refractivity contribution in [2.24, 2.45) is 0 Å². The number of rotatable bonds is 7. The van der Waals surface area contributed by atoms with E-state index in [9.17, 15) is 4.79 Å². The first-order valence-corrected chi connectivity index (χ1v) is 5.72. The summed E-state index contributed by atoms with van der Waals surface area (Å²) in [5.41, 5.74) is 0. The van der Waals surface area contributed by atoms with Gasteiger partial charge >= 0.3 is 5.97 Å². The van der Waals surface area contributed by atoms with E-state index in [-0.39, 0.29) is 12.0 Å². The molecule has 0 bridgehead atoms. The van der Waals surface area contributed by atoms with Gasteiger partial charge < -0.3 is 4.74 Å². The Morgan fingerprint density at radius 3 is 2.71 bits per heavy atom. The lowest BCUT2D eigenvalue weighted by atomic mass is 10.1. The van der Waals surface area contributed by atoms with Gasteiger partial charge in [0, 0.05) is 6.04 Å². The lowest BCUT2D eigenvalue weighted by Gasteiger charge is -1.99. The SMILES string of the molecule is CCCCCC[C@@H]1N[C@H]1C(=O)OCC. The zero-order valence-electron chi connectivity index (χ0n) is 9.21. The van der Waals surface area contributed by atoms with Crippen LogP contribution in [-0.4, -0.2) is 24.7 Å². The van der Waals surface area contributed by atoms with Gasteiger partial charge in [0.25, 0.3) is 0 Å². The van der Waals surface area contributed by atoms with Crippen LogP contribution in [0.25, 0.3) is 0 Å². The van der Waals surface area contributed by atoms with Crippen molar-refractivity contribution in [2.45, 2.75) is 58.0 Å². The Morgan fingerprint density at radius 2 is 2.07 bits per heavy atom. The molecule has 3 nitrogen and oxygen atoms in total. The second-order valence-corrected chi connectivity index (χ2v) is 3.85. The average Bonchev–Trinajstić information content (AvgIpc) is 2.92. The largest absolute Gasteiger partial charge is 0.465 e. The van der Waals surface area contributed by atoms with Gasteiger partial charge in [-0.3, -0.25) is 10.1 Å². The van der Waals surface area contributed by atoms with Crippen molar-refractivity contribution in [3.05, 3.63) is 0 Å². The molecule has 1 N–H and O–H groups in total. The van der Waals surface area contributed by atoms with Crippen LogP contribution in [0.3, 0.4) is 0 Å². The van der Waals surface area contributed by atoms with Crippen molar-refractivity contribution in [3.8, 4) is 0 Å². The summed E-state index contributed by atoms with van der Waals surface area (Å²) in [5, 5.41) is 3.16. The zero-order valence-corrected chi connectivity index (χ0v) is 9.21. The minimum absolute atomic E-state index is 0.00317. The normalized spacial score (nSPS) is 24.7. The maximum Gasteiger partial charge on any atom is 0.324 e. The summed E-state index contributed by atoms with van der Waals surface area (Å²) >= 11 is 0. The Kier molecular flexibility index (Phi) is 4.94. The molecule has 3 heteroatoms. The van der Waals surface area contributed by atoms with Gasteiger partial charge in [0.1, 0.15) is 6.04 Å². The average molecular weight is 199 g/mol. The molecule has 0 aromatic heterocycles. The van der Waals surface area contributed by atoms with Crippen LogP contribution >= 0.6 is 0 Å². The first-order chi connectivity index (χ1) is 6.79. The van der Waals surface area contributed by atoms with Gasteiger partial charge in [-0.1, -0.05) is 32.6 Å². The van der Waals surface area contributed by atoms with Gasteiger partial charge in [-0.05, 0) is 13.3 Å². The van der Waals surface area contributed by atoms with Crippen LogP contribution in [0.2, 0.25) is 0 Å². The molecule has 0 aromatic rings. The summed E-state index contributed by atoms with van der Waals surface area (Å²) in [4.78, 5) is 11.2. The fourth-order valence-corrected chi connectivity index (χ4v) is 1.68. The maximum atomic E-state index is 11.2. The van der Waals surface area contributed by atoms with Crippen LogP contribution in [-0.2, 0) is 9.53 Å². The lowest BCUT2D eigenvalue weighted by Crippen LogP contribution is -2.14. The molecule has 0 saturated carbocycles. The van der Waals surface area contributed by atoms with Crippen molar-refractivity contribution < 1.29 is 9.53 Å². The van der Waals surface area contributed by atoms with E-state index < -0.39 is 0 Å². The molecular weight excluding hydrogens is 178 g/mol. The minimum atomic E-state index is -0.0759. The van der Waals surface area contributed by atoms with Crippen LogP contribution in [0.1, 0.15) is 46.0 Å². The number of hydrogen-bond donors (Lipinski definition) is 1. The second-order valence-electron chi connectivity index (χ2n) is 3.85. The Hall–Kier alpha value is -0.570. The smallest absolute Gasteiger partial charge is 0.324 e. The van der Waals surface area contributed by atoms with Gasteiger partial charge in [-0.25, -0.2) is 0 Å². The fraction of sp³-hybridized carbons (Fsp3) is 0.909. The predicted molar refractivity (Wildman–Crippen MR) is 56.1 cm³/mol. The Labute approximate surface area is 86.2 Å². The van der Waals surface area contributed by atoms with Crippen LogP contribution < -0.4 is 5.32 Å². The molecule has 14 heavy (non-hydrogen) atoms. The second kappa shape index (κ2) is 6.02. The molecule has 1 heterocycles. The summed E-state index contributed by atoms with van der Waals surface area (Å²) in [6.07, 6.45) is 6.19. The molecule has 1 aliphatic heterocycles. The van der Waals surface area contributed by atoms with Crippen molar-refractivity contribution in [1.29, 1.82) is 0 Å². The van der Waals surface area contributed by atoms with E-state index in [4.69, 9.17) is 4.74 Å². The highest BCUT2D eigenvalue weighted by molar-refractivity contribution is 5.80. The molecule has 1 saturated heterocycles. The number of ether oxygens (including phenoxy) is 1. The molecule has 0 aliphatic carbocycles. The molecule has 2 atom stereocenters. The van der Waals surface area contributed by atoms with E-state index in [0.29, 0.717) is 12.6 Å². The summed E-state index contributed by atoms with van der Waals surface area (Å²) in [5.74, 6) is -0.0759. The van der Waals surface area contributed by atoms with Gasteiger partial charge in [0.2, 0.25) is 0 Å². The van der Waals surface area contributed by atoms with E-state index in [2.05, 4.69) is 12.2 Å². The van der Waals surface area contributed by atoms with Crippen molar-refractivity contribution in [3.63, 3.8) is 0 Å². The number of carbonyl (C=O) groups excluding carboxylic acids is 1. The van der Waals surface area contributed by atoms with Gasteiger partial charge in [0.05, 0.1) is 6.61 Å². The number of nitrogens with one attached hydrogen (secondary N) is 1. The highest BCUT2D eigenvalue weighted by Gasteiger charge is 2.42.